The van der Waals surface area contributed by atoms with Crippen LogP contribution < -0.4 is 10.9 Å². The van der Waals surface area contributed by atoms with E-state index in [1.54, 1.807) is 19.2 Å². The van der Waals surface area contributed by atoms with Crippen molar-refractivity contribution in [3.63, 3.8) is 0 Å². The van der Waals surface area contributed by atoms with Gasteiger partial charge in [0.05, 0.1) is 35.1 Å². The van der Waals surface area contributed by atoms with Gasteiger partial charge in [-0.15, -0.1) is 0 Å². The molecule has 4 rings (SSSR count). The summed E-state index contributed by atoms with van der Waals surface area (Å²) < 4.78 is 1.27. The van der Waals surface area contributed by atoms with E-state index in [9.17, 15) is 9.59 Å². The Morgan fingerprint density at radius 1 is 1.12 bits per heavy atom. The van der Waals surface area contributed by atoms with Crippen LogP contribution in [0.1, 0.15) is 11.5 Å². The normalized spacial score (nSPS) is 11.1. The van der Waals surface area contributed by atoms with E-state index >= 15 is 0 Å². The number of H-pyrrole nitrogens is 1. The van der Waals surface area contributed by atoms with E-state index in [1.807, 2.05) is 36.4 Å². The Morgan fingerprint density at radius 3 is 2.65 bits per heavy atom. The Balaban J connectivity index is 1.52. The van der Waals surface area contributed by atoms with Gasteiger partial charge in [0.2, 0.25) is 5.91 Å². The van der Waals surface area contributed by atoms with Crippen molar-refractivity contribution < 1.29 is 4.79 Å². The largest absolute Gasteiger partial charge is 0.349 e. The van der Waals surface area contributed by atoms with Crippen LogP contribution in [0.4, 0.5) is 0 Å². The van der Waals surface area contributed by atoms with Gasteiger partial charge in [-0.1, -0.05) is 30.3 Å². The summed E-state index contributed by atoms with van der Waals surface area (Å²) >= 11 is 0. The molecule has 1 amide bonds. The fraction of sp³-hybridized carbons (Fsp3) is 0.158. The van der Waals surface area contributed by atoms with Crippen molar-refractivity contribution in [2.75, 3.05) is 0 Å². The third kappa shape index (κ3) is 2.95. The molecule has 0 aliphatic carbocycles. The van der Waals surface area contributed by atoms with E-state index in [2.05, 4.69) is 20.4 Å². The van der Waals surface area contributed by atoms with E-state index < -0.39 is 0 Å². The number of imidazole rings is 1. The van der Waals surface area contributed by atoms with E-state index in [0.717, 1.165) is 11.0 Å². The molecule has 0 atom stereocenters. The molecule has 130 valence electrons. The van der Waals surface area contributed by atoms with Crippen molar-refractivity contribution in [2.24, 2.45) is 7.05 Å². The minimum absolute atomic E-state index is 0.0921. The molecule has 2 aromatic carbocycles. The minimum Gasteiger partial charge on any atom is -0.349 e. The van der Waals surface area contributed by atoms with Crippen molar-refractivity contribution in [3.05, 3.63) is 70.4 Å². The lowest BCUT2D eigenvalue weighted by Gasteiger charge is -2.08. The summed E-state index contributed by atoms with van der Waals surface area (Å²) in [5, 5.41) is 8.36. The van der Waals surface area contributed by atoms with Crippen LogP contribution in [0.3, 0.4) is 0 Å². The molecule has 0 saturated heterocycles. The predicted molar refractivity (Wildman–Crippen MR) is 98.6 cm³/mol. The second-order valence-corrected chi connectivity index (χ2v) is 6.08. The molecule has 7 heteroatoms. The highest BCUT2D eigenvalue weighted by Gasteiger charge is 2.12. The van der Waals surface area contributed by atoms with Crippen molar-refractivity contribution in [1.82, 2.24) is 25.1 Å². The van der Waals surface area contributed by atoms with E-state index in [-0.39, 0.29) is 17.9 Å². The SMILES string of the molecule is Cn1nc(CC(=O)NCc2nc3ccccc3[nH]2)c2ccccc2c1=O. The van der Waals surface area contributed by atoms with Crippen LogP contribution in [0.15, 0.2) is 53.3 Å². The molecule has 0 saturated carbocycles. The van der Waals surface area contributed by atoms with Crippen molar-refractivity contribution in [2.45, 2.75) is 13.0 Å². The molecule has 2 N–H and O–H groups in total. The summed E-state index contributed by atoms with van der Waals surface area (Å²) in [6.45, 7) is 0.303. The van der Waals surface area contributed by atoms with Crippen LogP contribution >= 0.6 is 0 Å². The Hall–Kier alpha value is -3.48. The van der Waals surface area contributed by atoms with Gasteiger partial charge in [0.1, 0.15) is 5.82 Å². The van der Waals surface area contributed by atoms with Gasteiger partial charge in [-0.05, 0) is 18.2 Å². The minimum atomic E-state index is -0.179. The lowest BCUT2D eigenvalue weighted by molar-refractivity contribution is -0.120. The van der Waals surface area contributed by atoms with Crippen molar-refractivity contribution >= 4 is 27.7 Å². The number of carbonyl (C=O) groups excluding carboxylic acids is 1. The molecule has 0 spiro atoms. The first-order valence-electron chi connectivity index (χ1n) is 8.27. The zero-order valence-electron chi connectivity index (χ0n) is 14.2. The van der Waals surface area contributed by atoms with Crippen LogP contribution in [-0.2, 0) is 24.8 Å². The number of hydrogen-bond donors (Lipinski definition) is 2. The van der Waals surface area contributed by atoms with E-state index in [1.165, 1.54) is 4.68 Å². The van der Waals surface area contributed by atoms with Gasteiger partial charge in [0, 0.05) is 12.4 Å². The zero-order valence-corrected chi connectivity index (χ0v) is 14.2. The first-order chi connectivity index (χ1) is 12.6. The molecule has 0 fully saturated rings. The molecule has 0 radical (unpaired) electrons. The van der Waals surface area contributed by atoms with Crippen LogP contribution in [0.2, 0.25) is 0 Å². The number of para-hydroxylation sites is 2. The highest BCUT2D eigenvalue weighted by Crippen LogP contribution is 2.14. The Labute approximate surface area is 148 Å². The highest BCUT2D eigenvalue weighted by molar-refractivity contribution is 5.88. The molecule has 26 heavy (non-hydrogen) atoms. The third-order valence-corrected chi connectivity index (χ3v) is 4.25. The van der Waals surface area contributed by atoms with E-state index in [4.69, 9.17) is 0 Å². The maximum Gasteiger partial charge on any atom is 0.274 e. The summed E-state index contributed by atoms with van der Waals surface area (Å²) in [5.41, 5.74) is 2.20. The molecule has 0 aliphatic heterocycles. The van der Waals surface area contributed by atoms with Crippen molar-refractivity contribution in [3.8, 4) is 0 Å². The average Bonchev–Trinajstić information content (AvgIpc) is 3.07. The van der Waals surface area contributed by atoms with Gasteiger partial charge < -0.3 is 10.3 Å². The molecular formula is C19H17N5O2. The molecular weight excluding hydrogens is 330 g/mol. The fourth-order valence-electron chi connectivity index (χ4n) is 2.99. The van der Waals surface area contributed by atoms with Crippen molar-refractivity contribution in [1.29, 1.82) is 0 Å². The molecule has 0 aliphatic rings. The number of carbonyl (C=O) groups is 1. The summed E-state index contributed by atoms with van der Waals surface area (Å²) in [4.78, 5) is 32.1. The lowest BCUT2D eigenvalue weighted by atomic mass is 10.1. The number of benzene rings is 2. The predicted octanol–water partition coefficient (Wildman–Crippen LogP) is 1.67. The quantitative estimate of drug-likeness (QED) is 0.587. The fourth-order valence-corrected chi connectivity index (χ4v) is 2.99. The van der Waals surface area contributed by atoms with E-state index in [0.29, 0.717) is 28.8 Å². The van der Waals surface area contributed by atoms with Crippen LogP contribution in [0.25, 0.3) is 21.8 Å². The maximum absolute atomic E-state index is 12.4. The summed E-state index contributed by atoms with van der Waals surface area (Å²) in [7, 11) is 1.59. The van der Waals surface area contributed by atoms with Crippen LogP contribution in [0.5, 0.6) is 0 Å². The monoisotopic (exact) mass is 347 g/mol. The van der Waals surface area contributed by atoms with Gasteiger partial charge in [-0.3, -0.25) is 9.59 Å². The first-order valence-corrected chi connectivity index (χ1v) is 8.27. The van der Waals surface area contributed by atoms with Gasteiger partial charge >= 0.3 is 0 Å². The number of aryl methyl sites for hydroxylation is 1. The highest BCUT2D eigenvalue weighted by atomic mass is 16.1. The van der Waals surface area contributed by atoms with Crippen LogP contribution in [0, 0.1) is 0 Å². The molecule has 0 unspecified atom stereocenters. The number of nitrogens with zero attached hydrogens (tertiary/aromatic N) is 3. The molecule has 4 aromatic rings. The second-order valence-electron chi connectivity index (χ2n) is 6.08. The standard InChI is InChI=1S/C19H17N5O2/c1-24-19(26)13-7-3-2-6-12(13)16(23-24)10-18(25)20-11-17-21-14-8-4-5-9-15(14)22-17/h2-9H,10-11H2,1H3,(H,20,25)(H,21,22). The van der Waals surface area contributed by atoms with Gasteiger partial charge in [0.25, 0.3) is 5.56 Å². The first kappa shape index (κ1) is 16.0. The summed E-state index contributed by atoms with van der Waals surface area (Å²) in [6, 6.07) is 14.9. The second kappa shape index (κ2) is 6.44. The number of aromatic amines is 1. The number of hydrogen-bond acceptors (Lipinski definition) is 4. The van der Waals surface area contributed by atoms with Gasteiger partial charge in [-0.25, -0.2) is 9.67 Å². The third-order valence-electron chi connectivity index (χ3n) is 4.25. The number of amides is 1. The average molecular weight is 347 g/mol. The number of nitrogens with one attached hydrogen (secondary N) is 2. The Morgan fingerprint density at radius 2 is 1.85 bits per heavy atom. The molecule has 2 heterocycles. The molecule has 7 nitrogen and oxygen atoms in total. The zero-order chi connectivity index (χ0) is 18.1. The molecule has 0 bridgehead atoms. The van der Waals surface area contributed by atoms with Crippen LogP contribution in [-0.4, -0.2) is 25.7 Å². The van der Waals surface area contributed by atoms with Gasteiger partial charge in [-0.2, -0.15) is 5.10 Å². The molecule has 2 aromatic heterocycles. The lowest BCUT2D eigenvalue weighted by Crippen LogP contribution is -2.28. The Bertz CT molecular complexity index is 1140. The Kier molecular flexibility index (Phi) is 3.96. The number of rotatable bonds is 4. The smallest absolute Gasteiger partial charge is 0.274 e. The number of aromatic nitrogens is 4. The topological polar surface area (TPSA) is 92.7 Å². The summed E-state index contributed by atoms with van der Waals surface area (Å²) in [5.74, 6) is 0.514. The number of fused-ring (bicyclic) bond motifs is 2. The van der Waals surface area contributed by atoms with Gasteiger partial charge in [0.15, 0.2) is 0 Å². The summed E-state index contributed by atoms with van der Waals surface area (Å²) in [6.07, 6.45) is 0.0921. The maximum atomic E-state index is 12.4.